The van der Waals surface area contributed by atoms with Crippen molar-refractivity contribution in [3.05, 3.63) is 63.1 Å². The highest BCUT2D eigenvalue weighted by atomic mass is 35.5. The number of methoxy groups -OCH3 is 1. The molecule has 2 aromatic rings. The van der Waals surface area contributed by atoms with E-state index in [0.29, 0.717) is 16.1 Å². The second-order valence-electron chi connectivity index (χ2n) is 4.59. The van der Waals surface area contributed by atoms with Crippen LogP contribution in [-0.2, 0) is 0 Å². The van der Waals surface area contributed by atoms with Crippen LogP contribution in [0.2, 0.25) is 10.0 Å². The molecule has 0 saturated carbocycles. The molecule has 0 atom stereocenters. The van der Waals surface area contributed by atoms with Crippen molar-refractivity contribution in [2.45, 2.75) is 0 Å². The first-order valence-corrected chi connectivity index (χ1v) is 7.37. The number of carbonyl (C=O) groups excluding carboxylic acids is 1. The number of hydrogen-bond donors (Lipinski definition) is 2. The third-order valence-electron chi connectivity index (χ3n) is 3.02. The highest BCUT2D eigenvalue weighted by Crippen LogP contribution is 2.22. The van der Waals surface area contributed by atoms with Crippen molar-refractivity contribution in [3.63, 3.8) is 0 Å². The molecule has 6 nitrogen and oxygen atoms in total. The standard InChI is InChI=1S/C16H12Cl2N2O4/c1-24-14-5-2-9(6-11(14)16(22)23)8-19-20-15(21)10-3-4-12(17)13(18)7-10/h2-8H,1H3,(H,20,21)(H,22,23)/b19-8-. The lowest BCUT2D eigenvalue weighted by atomic mass is 10.1. The summed E-state index contributed by atoms with van der Waals surface area (Å²) in [5.74, 6) is -1.36. The van der Waals surface area contributed by atoms with Gasteiger partial charge in [-0.3, -0.25) is 4.79 Å². The normalized spacial score (nSPS) is 10.6. The minimum atomic E-state index is -1.12. The first-order chi connectivity index (χ1) is 11.4. The average Bonchev–Trinajstić information content (AvgIpc) is 2.57. The molecule has 0 unspecified atom stereocenters. The molecular weight excluding hydrogens is 355 g/mol. The number of carbonyl (C=O) groups is 2. The summed E-state index contributed by atoms with van der Waals surface area (Å²) in [5, 5.41) is 13.5. The summed E-state index contributed by atoms with van der Waals surface area (Å²) < 4.78 is 4.96. The Morgan fingerprint density at radius 2 is 1.92 bits per heavy atom. The molecule has 2 rings (SSSR count). The van der Waals surface area contributed by atoms with Gasteiger partial charge in [0.1, 0.15) is 11.3 Å². The van der Waals surface area contributed by atoms with Crippen molar-refractivity contribution in [3.8, 4) is 5.75 Å². The van der Waals surface area contributed by atoms with Gasteiger partial charge >= 0.3 is 5.97 Å². The van der Waals surface area contributed by atoms with E-state index >= 15 is 0 Å². The Morgan fingerprint density at radius 3 is 2.54 bits per heavy atom. The SMILES string of the molecule is COc1ccc(/C=N\NC(=O)c2ccc(Cl)c(Cl)c2)cc1C(=O)O. The molecule has 0 spiro atoms. The number of carboxylic acid groups (broad SMARTS) is 1. The van der Waals surface area contributed by atoms with Gasteiger partial charge in [0.15, 0.2) is 0 Å². The van der Waals surface area contributed by atoms with Crippen LogP contribution in [-0.4, -0.2) is 30.3 Å². The zero-order chi connectivity index (χ0) is 17.7. The molecule has 0 bridgehead atoms. The number of nitrogens with zero attached hydrogens (tertiary/aromatic N) is 1. The Morgan fingerprint density at radius 1 is 1.17 bits per heavy atom. The van der Waals surface area contributed by atoms with E-state index in [1.807, 2.05) is 0 Å². The van der Waals surface area contributed by atoms with Gasteiger partial charge in [-0.25, -0.2) is 10.2 Å². The van der Waals surface area contributed by atoms with Crippen LogP contribution in [0, 0.1) is 0 Å². The molecule has 0 aromatic heterocycles. The minimum absolute atomic E-state index is 0.00254. The Kier molecular flexibility index (Phi) is 5.78. The van der Waals surface area contributed by atoms with Crippen molar-refractivity contribution in [2.24, 2.45) is 5.10 Å². The van der Waals surface area contributed by atoms with Gasteiger partial charge in [-0.2, -0.15) is 5.10 Å². The Labute approximate surface area is 147 Å². The lowest BCUT2D eigenvalue weighted by Gasteiger charge is -2.05. The number of aromatic carboxylic acids is 1. The fourth-order valence-electron chi connectivity index (χ4n) is 1.84. The van der Waals surface area contributed by atoms with E-state index in [2.05, 4.69) is 10.5 Å². The van der Waals surface area contributed by atoms with Crippen molar-refractivity contribution in [1.29, 1.82) is 0 Å². The molecule has 2 aromatic carbocycles. The van der Waals surface area contributed by atoms with Gasteiger partial charge in [-0.05, 0) is 42.0 Å². The number of halogens is 2. The van der Waals surface area contributed by atoms with Gasteiger partial charge in [0.2, 0.25) is 0 Å². The fourth-order valence-corrected chi connectivity index (χ4v) is 2.14. The van der Waals surface area contributed by atoms with Crippen molar-refractivity contribution in [1.82, 2.24) is 5.43 Å². The molecule has 8 heteroatoms. The largest absolute Gasteiger partial charge is 0.496 e. The smallest absolute Gasteiger partial charge is 0.339 e. The average molecular weight is 367 g/mol. The number of rotatable bonds is 5. The van der Waals surface area contributed by atoms with Gasteiger partial charge in [0.05, 0.1) is 23.4 Å². The maximum absolute atomic E-state index is 11.9. The zero-order valence-corrected chi connectivity index (χ0v) is 13.9. The van der Waals surface area contributed by atoms with E-state index < -0.39 is 11.9 Å². The molecule has 0 fully saturated rings. The van der Waals surface area contributed by atoms with Crippen molar-refractivity contribution >= 4 is 41.3 Å². The van der Waals surface area contributed by atoms with Crippen LogP contribution in [0.5, 0.6) is 5.75 Å². The maximum atomic E-state index is 11.9. The monoisotopic (exact) mass is 366 g/mol. The topological polar surface area (TPSA) is 88.0 Å². The molecule has 0 aliphatic carbocycles. The van der Waals surface area contributed by atoms with Crippen LogP contribution in [0.1, 0.15) is 26.3 Å². The molecule has 0 aliphatic heterocycles. The van der Waals surface area contributed by atoms with Crippen LogP contribution >= 0.6 is 23.2 Å². The van der Waals surface area contributed by atoms with Gasteiger partial charge in [0, 0.05) is 5.56 Å². The number of hydrogen-bond acceptors (Lipinski definition) is 4. The van der Waals surface area contributed by atoms with Crippen LogP contribution in [0.4, 0.5) is 0 Å². The molecule has 0 aliphatic rings. The molecule has 0 heterocycles. The van der Waals surface area contributed by atoms with Gasteiger partial charge < -0.3 is 9.84 Å². The van der Waals surface area contributed by atoms with E-state index in [0.717, 1.165) is 0 Å². The quantitative estimate of drug-likeness (QED) is 0.626. The van der Waals surface area contributed by atoms with E-state index in [-0.39, 0.29) is 16.3 Å². The maximum Gasteiger partial charge on any atom is 0.339 e. The van der Waals surface area contributed by atoms with E-state index in [1.165, 1.54) is 43.7 Å². The van der Waals surface area contributed by atoms with Gasteiger partial charge in [-0.15, -0.1) is 0 Å². The fraction of sp³-hybridized carbons (Fsp3) is 0.0625. The number of amides is 1. The van der Waals surface area contributed by atoms with Gasteiger partial charge in [-0.1, -0.05) is 23.2 Å². The van der Waals surface area contributed by atoms with E-state index in [9.17, 15) is 9.59 Å². The summed E-state index contributed by atoms with van der Waals surface area (Å²) in [7, 11) is 1.38. The van der Waals surface area contributed by atoms with Crippen molar-refractivity contribution < 1.29 is 19.4 Å². The zero-order valence-electron chi connectivity index (χ0n) is 12.4. The number of carboxylic acids is 1. The van der Waals surface area contributed by atoms with Gasteiger partial charge in [0.25, 0.3) is 5.91 Å². The third-order valence-corrected chi connectivity index (χ3v) is 3.75. The number of hydrazone groups is 1. The molecule has 0 radical (unpaired) electrons. The lowest BCUT2D eigenvalue weighted by Crippen LogP contribution is -2.17. The van der Waals surface area contributed by atoms with E-state index in [1.54, 1.807) is 6.07 Å². The number of ether oxygens (including phenoxy) is 1. The summed E-state index contributed by atoms with van der Waals surface area (Å²) in [6, 6.07) is 8.94. The van der Waals surface area contributed by atoms with Crippen LogP contribution in [0.3, 0.4) is 0 Å². The summed E-state index contributed by atoms with van der Waals surface area (Å²) in [6.07, 6.45) is 1.32. The Bertz CT molecular complexity index is 822. The predicted octanol–water partition coefficient (Wildman–Crippen LogP) is 3.46. The Balaban J connectivity index is 2.11. The van der Waals surface area contributed by atoms with Crippen LogP contribution < -0.4 is 10.2 Å². The van der Waals surface area contributed by atoms with Crippen molar-refractivity contribution in [2.75, 3.05) is 7.11 Å². The molecule has 124 valence electrons. The summed E-state index contributed by atoms with van der Waals surface area (Å²) in [5.41, 5.74) is 3.10. The second-order valence-corrected chi connectivity index (χ2v) is 5.41. The summed E-state index contributed by atoms with van der Waals surface area (Å²) in [6.45, 7) is 0. The second kappa shape index (κ2) is 7.81. The molecule has 24 heavy (non-hydrogen) atoms. The predicted molar refractivity (Wildman–Crippen MR) is 91.5 cm³/mol. The van der Waals surface area contributed by atoms with Crippen LogP contribution in [0.25, 0.3) is 0 Å². The van der Waals surface area contributed by atoms with Crippen LogP contribution in [0.15, 0.2) is 41.5 Å². The molecule has 0 saturated heterocycles. The number of benzene rings is 2. The first kappa shape index (κ1) is 17.8. The molecule has 1 amide bonds. The first-order valence-electron chi connectivity index (χ1n) is 6.62. The molecular formula is C16H12Cl2N2O4. The third kappa shape index (κ3) is 4.24. The number of nitrogens with one attached hydrogen (secondary N) is 1. The van der Waals surface area contributed by atoms with E-state index in [4.69, 9.17) is 33.0 Å². The summed E-state index contributed by atoms with van der Waals surface area (Å²) >= 11 is 11.6. The highest BCUT2D eigenvalue weighted by Gasteiger charge is 2.11. The highest BCUT2D eigenvalue weighted by molar-refractivity contribution is 6.42. The lowest BCUT2D eigenvalue weighted by molar-refractivity contribution is 0.0693. The summed E-state index contributed by atoms with van der Waals surface area (Å²) in [4.78, 5) is 23.1. The molecule has 2 N–H and O–H groups in total. The Hall–Kier alpha value is -2.57. The minimum Gasteiger partial charge on any atom is -0.496 e.